The van der Waals surface area contributed by atoms with E-state index in [1.807, 2.05) is 0 Å². The summed E-state index contributed by atoms with van der Waals surface area (Å²) in [6.07, 6.45) is 19.3. The third-order valence-electron chi connectivity index (χ3n) is 5.31. The van der Waals surface area contributed by atoms with Gasteiger partial charge in [-0.3, -0.25) is 4.79 Å². The van der Waals surface area contributed by atoms with Crippen molar-refractivity contribution in [2.75, 3.05) is 0 Å². The van der Waals surface area contributed by atoms with E-state index in [9.17, 15) is 14.7 Å². The van der Waals surface area contributed by atoms with Crippen LogP contribution in [0.1, 0.15) is 121 Å². The zero-order valence-electron chi connectivity index (χ0n) is 20.3. The number of hydrogen-bond acceptors (Lipinski definition) is 4. The number of ether oxygens (including phenoxy) is 1. The molecule has 1 rings (SSSR count). The number of hydrogen-bond donors (Lipinski definition) is 1. The molecule has 4 nitrogen and oxygen atoms in total. The standard InChI is InChI=1S/C25H40O4.Na.H/c1-2-3-4-5-6-7-8-9-10-11-12-13-14-15-16-21-24(27)29-25(28)22-19-17-18-20-23(22)26;;/h17-20,26H,2-16,21H2,1H3;;/q;+1;-1. The molecule has 0 radical (unpaired) electrons. The summed E-state index contributed by atoms with van der Waals surface area (Å²) in [5.74, 6) is -1.47. The van der Waals surface area contributed by atoms with E-state index in [0.29, 0.717) is 0 Å². The van der Waals surface area contributed by atoms with Gasteiger partial charge in [0, 0.05) is 6.42 Å². The number of unbranched alkanes of at least 4 members (excludes halogenated alkanes) is 14. The van der Waals surface area contributed by atoms with E-state index in [1.165, 1.54) is 89.2 Å². The van der Waals surface area contributed by atoms with Gasteiger partial charge in [-0.15, -0.1) is 0 Å². The Kier molecular flexibility index (Phi) is 19.5. The summed E-state index contributed by atoms with van der Waals surface area (Å²) in [7, 11) is 0. The predicted octanol–water partition coefficient (Wildman–Crippen LogP) is 4.45. The summed E-state index contributed by atoms with van der Waals surface area (Å²) >= 11 is 0. The first kappa shape index (κ1) is 29.2. The molecule has 30 heavy (non-hydrogen) atoms. The number of phenols is 1. The van der Waals surface area contributed by atoms with Crippen molar-refractivity contribution in [1.29, 1.82) is 0 Å². The van der Waals surface area contributed by atoms with Gasteiger partial charge in [-0.2, -0.15) is 0 Å². The fraction of sp³-hybridized carbons (Fsp3) is 0.680. The molecule has 0 saturated heterocycles. The maximum Gasteiger partial charge on any atom is 1.00 e. The SMILES string of the molecule is CCCCCCCCCCCCCCCCCC(=O)OC(=O)c1ccccc1O.[H-].[Na+]. The normalized spacial score (nSPS) is 10.4. The van der Waals surface area contributed by atoms with Crippen LogP contribution < -0.4 is 29.6 Å². The number of carbonyl (C=O) groups excluding carboxylic acids is 2. The smallest absolute Gasteiger partial charge is 1.00 e. The Hall–Kier alpha value is -0.840. The van der Waals surface area contributed by atoms with Crippen molar-refractivity contribution >= 4 is 11.9 Å². The number of rotatable bonds is 17. The van der Waals surface area contributed by atoms with Crippen LogP contribution in [0.5, 0.6) is 5.75 Å². The van der Waals surface area contributed by atoms with Gasteiger partial charge >= 0.3 is 41.5 Å². The average Bonchev–Trinajstić information content (AvgIpc) is 2.71. The van der Waals surface area contributed by atoms with Crippen LogP contribution >= 0.6 is 0 Å². The van der Waals surface area contributed by atoms with Gasteiger partial charge in [-0.25, -0.2) is 4.79 Å². The van der Waals surface area contributed by atoms with Crippen molar-refractivity contribution in [3.05, 3.63) is 29.8 Å². The first-order valence-electron chi connectivity index (χ1n) is 11.7. The van der Waals surface area contributed by atoms with Gasteiger partial charge in [0.25, 0.3) is 0 Å². The number of aromatic hydroxyl groups is 1. The number of phenolic OH excluding ortho intramolecular Hbond substituents is 1. The van der Waals surface area contributed by atoms with E-state index in [-0.39, 0.29) is 48.7 Å². The van der Waals surface area contributed by atoms with Crippen LogP contribution in [0.15, 0.2) is 24.3 Å². The van der Waals surface area contributed by atoms with E-state index in [0.717, 1.165) is 19.3 Å². The summed E-state index contributed by atoms with van der Waals surface area (Å²) in [6.45, 7) is 2.26. The summed E-state index contributed by atoms with van der Waals surface area (Å²) in [4.78, 5) is 23.6. The quantitative estimate of drug-likeness (QED) is 0.172. The van der Waals surface area contributed by atoms with E-state index in [1.54, 1.807) is 12.1 Å². The van der Waals surface area contributed by atoms with Crippen molar-refractivity contribution in [1.82, 2.24) is 0 Å². The predicted molar refractivity (Wildman–Crippen MR) is 119 cm³/mol. The summed E-state index contributed by atoms with van der Waals surface area (Å²) < 4.78 is 4.80. The number of benzene rings is 1. The second-order valence-electron chi connectivity index (χ2n) is 7.98. The Bertz CT molecular complexity index is 580. The molecule has 1 N–H and O–H groups in total. The minimum absolute atomic E-state index is 0. The van der Waals surface area contributed by atoms with Gasteiger partial charge in [0.05, 0.1) is 0 Å². The molecule has 0 unspecified atom stereocenters. The van der Waals surface area contributed by atoms with E-state index >= 15 is 0 Å². The van der Waals surface area contributed by atoms with Crippen LogP contribution in [0.3, 0.4) is 0 Å². The molecule has 166 valence electrons. The molecule has 0 spiro atoms. The third kappa shape index (κ3) is 15.0. The van der Waals surface area contributed by atoms with Gasteiger partial charge in [0.15, 0.2) is 0 Å². The Morgan fingerprint density at radius 1 is 0.767 bits per heavy atom. The fourth-order valence-electron chi connectivity index (χ4n) is 3.50. The van der Waals surface area contributed by atoms with Gasteiger partial charge in [0.2, 0.25) is 0 Å². The van der Waals surface area contributed by atoms with Crippen LogP contribution in [0, 0.1) is 0 Å². The second kappa shape index (κ2) is 20.1. The zero-order chi connectivity index (χ0) is 21.2. The first-order valence-corrected chi connectivity index (χ1v) is 11.7. The van der Waals surface area contributed by atoms with Crippen LogP contribution in [-0.2, 0) is 9.53 Å². The monoisotopic (exact) mass is 428 g/mol. The molecular formula is C25H41NaO4. The molecule has 0 aliphatic carbocycles. The molecule has 1 aromatic carbocycles. The molecule has 0 aromatic heterocycles. The molecule has 0 heterocycles. The first-order chi connectivity index (χ1) is 14.1. The number of para-hydroxylation sites is 1. The Labute approximate surface area is 206 Å². The van der Waals surface area contributed by atoms with E-state index in [4.69, 9.17) is 4.74 Å². The minimum Gasteiger partial charge on any atom is -1.00 e. The Balaban J connectivity index is 0. The van der Waals surface area contributed by atoms with E-state index in [2.05, 4.69) is 6.92 Å². The molecule has 5 heteroatoms. The van der Waals surface area contributed by atoms with Crippen LogP contribution in [0.25, 0.3) is 0 Å². The van der Waals surface area contributed by atoms with Crippen molar-refractivity contribution in [2.24, 2.45) is 0 Å². The summed E-state index contributed by atoms with van der Waals surface area (Å²) in [5, 5.41) is 9.60. The van der Waals surface area contributed by atoms with E-state index < -0.39 is 11.9 Å². The van der Waals surface area contributed by atoms with Gasteiger partial charge in [0.1, 0.15) is 11.3 Å². The Morgan fingerprint density at radius 3 is 1.67 bits per heavy atom. The topological polar surface area (TPSA) is 63.6 Å². The van der Waals surface area contributed by atoms with Crippen LogP contribution in [0.4, 0.5) is 0 Å². The molecule has 0 aliphatic rings. The molecule has 0 saturated carbocycles. The molecule has 0 bridgehead atoms. The van der Waals surface area contributed by atoms with Crippen molar-refractivity contribution < 1.29 is 50.4 Å². The van der Waals surface area contributed by atoms with Gasteiger partial charge < -0.3 is 11.3 Å². The Morgan fingerprint density at radius 2 is 1.20 bits per heavy atom. The molecule has 0 amide bonds. The van der Waals surface area contributed by atoms with Crippen molar-refractivity contribution in [3.63, 3.8) is 0 Å². The summed E-state index contributed by atoms with van der Waals surface area (Å²) in [6, 6.07) is 6.08. The number of esters is 2. The zero-order valence-corrected chi connectivity index (χ0v) is 21.3. The largest absolute Gasteiger partial charge is 1.00 e. The molecular weight excluding hydrogens is 387 g/mol. The number of carbonyl (C=O) groups is 2. The molecule has 0 aliphatic heterocycles. The third-order valence-corrected chi connectivity index (χ3v) is 5.31. The van der Waals surface area contributed by atoms with Crippen LogP contribution in [0.2, 0.25) is 0 Å². The van der Waals surface area contributed by atoms with Gasteiger partial charge in [-0.1, -0.05) is 109 Å². The van der Waals surface area contributed by atoms with Crippen molar-refractivity contribution in [2.45, 2.75) is 110 Å². The second-order valence-corrected chi connectivity index (χ2v) is 7.98. The minimum atomic E-state index is -0.783. The average molecular weight is 429 g/mol. The van der Waals surface area contributed by atoms with Crippen LogP contribution in [-0.4, -0.2) is 17.0 Å². The maximum absolute atomic E-state index is 11.8. The molecule has 1 aromatic rings. The summed E-state index contributed by atoms with van der Waals surface area (Å²) in [5.41, 5.74) is 0.0253. The van der Waals surface area contributed by atoms with Crippen molar-refractivity contribution in [3.8, 4) is 5.75 Å². The maximum atomic E-state index is 11.8. The molecule has 0 atom stereocenters. The van der Waals surface area contributed by atoms with Gasteiger partial charge in [-0.05, 0) is 18.6 Å². The molecule has 0 fully saturated rings. The fourth-order valence-corrected chi connectivity index (χ4v) is 3.50.